The molecule has 3 aromatic carbocycles. The molecule has 4 rings (SSSR count). The molecule has 0 spiro atoms. The Hall–Kier alpha value is -3.46. The fourth-order valence-corrected chi connectivity index (χ4v) is 4.38. The number of nitrogens with one attached hydrogen (secondary N) is 1. The standard InChI is InChI=1S/C30H32N2O/c1-4-30(3,20-19-23-12-7-5-8-13-23)29(33)32-27-18-17-25(26-16-11-21-31-28(26)27)22(2)24-14-9-6-10-15-24/h5-18,21-22H,4,19-20H2,1-3H3,(H,32,33). The van der Waals surface area contributed by atoms with Gasteiger partial charge < -0.3 is 5.32 Å². The van der Waals surface area contributed by atoms with E-state index in [0.29, 0.717) is 0 Å². The van der Waals surface area contributed by atoms with Crippen LogP contribution in [-0.4, -0.2) is 10.9 Å². The number of benzene rings is 3. The van der Waals surface area contributed by atoms with Crippen LogP contribution in [0.5, 0.6) is 0 Å². The molecular weight excluding hydrogens is 404 g/mol. The smallest absolute Gasteiger partial charge is 0.230 e. The van der Waals surface area contributed by atoms with E-state index in [-0.39, 0.29) is 11.8 Å². The number of anilines is 1. The van der Waals surface area contributed by atoms with Gasteiger partial charge in [-0.1, -0.05) is 93.6 Å². The Morgan fingerprint density at radius 2 is 1.64 bits per heavy atom. The summed E-state index contributed by atoms with van der Waals surface area (Å²) >= 11 is 0. The summed E-state index contributed by atoms with van der Waals surface area (Å²) in [6, 6.07) is 29.1. The van der Waals surface area contributed by atoms with Crippen LogP contribution in [0.2, 0.25) is 0 Å². The number of aromatic nitrogens is 1. The second-order valence-electron chi connectivity index (χ2n) is 9.09. The molecule has 1 heterocycles. The molecular formula is C30H32N2O. The molecule has 0 aliphatic carbocycles. The van der Waals surface area contributed by atoms with Gasteiger partial charge in [0.1, 0.15) is 0 Å². The van der Waals surface area contributed by atoms with Crippen molar-refractivity contribution >= 4 is 22.5 Å². The molecule has 1 N–H and O–H groups in total. The molecule has 0 radical (unpaired) electrons. The maximum absolute atomic E-state index is 13.4. The molecule has 1 amide bonds. The Morgan fingerprint density at radius 1 is 0.939 bits per heavy atom. The van der Waals surface area contributed by atoms with Gasteiger partial charge in [-0.3, -0.25) is 9.78 Å². The van der Waals surface area contributed by atoms with E-state index in [2.05, 4.69) is 91.7 Å². The van der Waals surface area contributed by atoms with E-state index in [4.69, 9.17) is 0 Å². The molecule has 0 saturated heterocycles. The van der Waals surface area contributed by atoms with Crippen LogP contribution in [0.1, 0.15) is 56.2 Å². The average Bonchev–Trinajstić information content (AvgIpc) is 2.88. The normalized spacial score (nSPS) is 13.9. The molecule has 0 aliphatic heterocycles. The lowest BCUT2D eigenvalue weighted by Crippen LogP contribution is -2.33. The van der Waals surface area contributed by atoms with Crippen LogP contribution in [0.15, 0.2) is 91.1 Å². The Balaban J connectivity index is 1.60. The van der Waals surface area contributed by atoms with E-state index in [1.54, 1.807) is 6.20 Å². The van der Waals surface area contributed by atoms with Crippen molar-refractivity contribution in [3.63, 3.8) is 0 Å². The molecule has 0 fully saturated rings. The van der Waals surface area contributed by atoms with E-state index >= 15 is 0 Å². The average molecular weight is 437 g/mol. The fraction of sp³-hybridized carbons (Fsp3) is 0.267. The zero-order chi connectivity index (χ0) is 23.3. The topological polar surface area (TPSA) is 42.0 Å². The molecule has 0 saturated carbocycles. The number of carbonyl (C=O) groups excluding carboxylic acids is 1. The monoisotopic (exact) mass is 436 g/mol. The largest absolute Gasteiger partial charge is 0.324 e. The second-order valence-corrected chi connectivity index (χ2v) is 9.09. The van der Waals surface area contributed by atoms with Gasteiger partial charge in [-0.25, -0.2) is 0 Å². The highest BCUT2D eigenvalue weighted by Crippen LogP contribution is 2.35. The van der Waals surface area contributed by atoms with E-state index in [1.807, 2.05) is 24.3 Å². The van der Waals surface area contributed by atoms with Crippen LogP contribution in [0.3, 0.4) is 0 Å². The first-order chi connectivity index (χ1) is 16.0. The number of fused-ring (bicyclic) bond motifs is 1. The summed E-state index contributed by atoms with van der Waals surface area (Å²) < 4.78 is 0. The Labute approximate surface area is 196 Å². The molecule has 0 aliphatic rings. The number of pyridine rings is 1. The van der Waals surface area contributed by atoms with Gasteiger partial charge in [0.25, 0.3) is 0 Å². The number of nitrogens with zero attached hydrogens (tertiary/aromatic N) is 1. The SMILES string of the molecule is CCC(C)(CCc1ccccc1)C(=O)Nc1ccc(C(C)c2ccccc2)c2cccnc12. The van der Waals surface area contributed by atoms with Gasteiger partial charge >= 0.3 is 0 Å². The lowest BCUT2D eigenvalue weighted by Gasteiger charge is -2.27. The van der Waals surface area contributed by atoms with Crippen LogP contribution in [0, 0.1) is 5.41 Å². The van der Waals surface area contributed by atoms with Gasteiger partial charge in [-0.05, 0) is 48.1 Å². The highest BCUT2D eigenvalue weighted by atomic mass is 16.2. The number of carbonyl (C=O) groups is 1. The van der Waals surface area contributed by atoms with E-state index in [0.717, 1.165) is 35.9 Å². The first kappa shape index (κ1) is 22.7. The Morgan fingerprint density at radius 3 is 2.33 bits per heavy atom. The second kappa shape index (κ2) is 9.99. The Bertz CT molecular complexity index is 1220. The zero-order valence-corrected chi connectivity index (χ0v) is 19.7. The van der Waals surface area contributed by atoms with Crippen LogP contribution < -0.4 is 5.32 Å². The quantitative estimate of drug-likeness (QED) is 0.313. The van der Waals surface area contributed by atoms with E-state index in [1.165, 1.54) is 16.7 Å². The summed E-state index contributed by atoms with van der Waals surface area (Å²) in [7, 11) is 0. The lowest BCUT2D eigenvalue weighted by atomic mass is 9.80. The third kappa shape index (κ3) is 4.98. The van der Waals surface area contributed by atoms with E-state index < -0.39 is 5.41 Å². The number of hydrogen-bond acceptors (Lipinski definition) is 2. The summed E-state index contributed by atoms with van der Waals surface area (Å²) in [4.78, 5) is 18.1. The fourth-order valence-electron chi connectivity index (χ4n) is 4.38. The minimum Gasteiger partial charge on any atom is -0.324 e. The predicted molar refractivity (Wildman–Crippen MR) is 137 cm³/mol. The van der Waals surface area contributed by atoms with Crippen LogP contribution in [0.4, 0.5) is 5.69 Å². The van der Waals surface area contributed by atoms with Crippen molar-refractivity contribution in [3.8, 4) is 0 Å². The number of rotatable bonds is 8. The van der Waals surface area contributed by atoms with Crippen molar-refractivity contribution in [2.45, 2.75) is 46.0 Å². The summed E-state index contributed by atoms with van der Waals surface area (Å²) in [5, 5.41) is 4.30. The highest BCUT2D eigenvalue weighted by Gasteiger charge is 2.31. The van der Waals surface area contributed by atoms with Crippen LogP contribution >= 0.6 is 0 Å². The molecule has 1 aromatic heterocycles. The van der Waals surface area contributed by atoms with Gasteiger partial charge in [-0.15, -0.1) is 0 Å². The molecule has 3 nitrogen and oxygen atoms in total. The maximum atomic E-state index is 13.4. The molecule has 2 atom stereocenters. The number of hydrogen-bond donors (Lipinski definition) is 1. The summed E-state index contributed by atoms with van der Waals surface area (Å²) in [5.41, 5.74) is 4.90. The third-order valence-electron chi connectivity index (χ3n) is 6.95. The summed E-state index contributed by atoms with van der Waals surface area (Å²) in [6.07, 6.45) is 4.25. The van der Waals surface area contributed by atoms with Crippen molar-refractivity contribution in [2.24, 2.45) is 5.41 Å². The van der Waals surface area contributed by atoms with Gasteiger partial charge in [-0.2, -0.15) is 0 Å². The first-order valence-corrected chi connectivity index (χ1v) is 11.8. The number of aryl methyl sites for hydroxylation is 1. The maximum Gasteiger partial charge on any atom is 0.230 e. The summed E-state index contributed by atoms with van der Waals surface area (Å²) in [6.45, 7) is 6.37. The molecule has 33 heavy (non-hydrogen) atoms. The number of amides is 1. The minimum atomic E-state index is -0.451. The minimum absolute atomic E-state index is 0.0525. The third-order valence-corrected chi connectivity index (χ3v) is 6.95. The first-order valence-electron chi connectivity index (χ1n) is 11.8. The molecule has 168 valence electrons. The molecule has 3 heteroatoms. The van der Waals surface area contributed by atoms with Crippen molar-refractivity contribution in [2.75, 3.05) is 5.32 Å². The predicted octanol–water partition coefficient (Wildman–Crippen LogP) is 7.37. The van der Waals surface area contributed by atoms with Gasteiger partial charge in [0, 0.05) is 22.9 Å². The van der Waals surface area contributed by atoms with Crippen molar-refractivity contribution in [3.05, 3.63) is 108 Å². The molecule has 2 unspecified atom stereocenters. The van der Waals surface area contributed by atoms with Crippen LogP contribution in [-0.2, 0) is 11.2 Å². The molecule has 4 aromatic rings. The van der Waals surface area contributed by atoms with Gasteiger partial charge in [0.05, 0.1) is 11.2 Å². The van der Waals surface area contributed by atoms with E-state index in [9.17, 15) is 4.79 Å². The van der Waals surface area contributed by atoms with Gasteiger partial charge in [0.15, 0.2) is 0 Å². The summed E-state index contributed by atoms with van der Waals surface area (Å²) in [5.74, 6) is 0.283. The van der Waals surface area contributed by atoms with Crippen LogP contribution in [0.25, 0.3) is 10.9 Å². The van der Waals surface area contributed by atoms with Crippen molar-refractivity contribution in [1.29, 1.82) is 0 Å². The highest BCUT2D eigenvalue weighted by molar-refractivity contribution is 6.03. The molecule has 0 bridgehead atoms. The van der Waals surface area contributed by atoms with Crippen molar-refractivity contribution in [1.82, 2.24) is 4.98 Å². The zero-order valence-electron chi connectivity index (χ0n) is 19.7. The van der Waals surface area contributed by atoms with Gasteiger partial charge in [0.2, 0.25) is 5.91 Å². The Kier molecular flexibility index (Phi) is 6.88. The van der Waals surface area contributed by atoms with Crippen molar-refractivity contribution < 1.29 is 4.79 Å². The lowest BCUT2D eigenvalue weighted by molar-refractivity contribution is -0.125.